The summed E-state index contributed by atoms with van der Waals surface area (Å²) in [5, 5.41) is 17.8. The highest BCUT2D eigenvalue weighted by Gasteiger charge is 2.24. The zero-order valence-corrected chi connectivity index (χ0v) is 21.9. The first-order valence-electron chi connectivity index (χ1n) is 10.2. The highest BCUT2D eigenvalue weighted by atomic mass is 79.9. The third kappa shape index (κ3) is 6.03. The number of aryl methyl sites for hydroxylation is 1. The largest absolute Gasteiger partial charge is 0.476 e. The number of thiazole rings is 1. The van der Waals surface area contributed by atoms with Gasteiger partial charge < -0.3 is 15.2 Å². The van der Waals surface area contributed by atoms with Gasteiger partial charge in [-0.3, -0.25) is 4.79 Å². The van der Waals surface area contributed by atoms with E-state index in [1.54, 1.807) is 37.9 Å². The number of hydrogen-bond donors (Lipinski definition) is 2. The number of amides is 1. The van der Waals surface area contributed by atoms with Crippen LogP contribution in [-0.2, 0) is 10.5 Å². The fourth-order valence-corrected chi connectivity index (χ4v) is 5.29. The van der Waals surface area contributed by atoms with Crippen LogP contribution in [0.15, 0.2) is 28.7 Å². The van der Waals surface area contributed by atoms with Crippen LogP contribution >= 0.6 is 39.0 Å². The Hall–Kier alpha value is -2.21. The molecule has 0 bridgehead atoms. The molecule has 0 atom stereocenters. The minimum atomic E-state index is -1.08. The molecular formula is C22H25BrN4O4S2. The molecule has 33 heavy (non-hydrogen) atoms. The van der Waals surface area contributed by atoms with Crippen LogP contribution in [0.5, 0.6) is 0 Å². The third-order valence-electron chi connectivity index (χ3n) is 4.62. The summed E-state index contributed by atoms with van der Waals surface area (Å²) in [4.78, 5) is 29.9. The van der Waals surface area contributed by atoms with Crippen LogP contribution in [0.2, 0.25) is 0 Å². The number of thioether (sulfide) groups is 1. The molecule has 0 unspecified atom stereocenters. The maximum Gasteiger partial charge on any atom is 0.355 e. The summed E-state index contributed by atoms with van der Waals surface area (Å²) >= 11 is 6.52. The van der Waals surface area contributed by atoms with E-state index in [0.29, 0.717) is 39.3 Å². The molecule has 0 fully saturated rings. The molecule has 1 aromatic carbocycles. The van der Waals surface area contributed by atoms with Crippen molar-refractivity contribution in [3.05, 3.63) is 50.6 Å². The number of aromatic nitrogens is 3. The molecule has 0 saturated heterocycles. The van der Waals surface area contributed by atoms with Crippen LogP contribution in [0.3, 0.4) is 0 Å². The Morgan fingerprint density at radius 2 is 2.00 bits per heavy atom. The van der Waals surface area contributed by atoms with Crippen molar-refractivity contribution in [1.82, 2.24) is 20.1 Å². The molecule has 0 aliphatic heterocycles. The van der Waals surface area contributed by atoms with Crippen LogP contribution in [-0.4, -0.2) is 57.3 Å². The molecule has 0 saturated carbocycles. The summed E-state index contributed by atoms with van der Waals surface area (Å²) in [6.45, 7) is 6.88. The van der Waals surface area contributed by atoms with E-state index in [2.05, 4.69) is 40.2 Å². The van der Waals surface area contributed by atoms with Crippen molar-refractivity contribution >= 4 is 50.9 Å². The van der Waals surface area contributed by atoms with E-state index in [4.69, 9.17) is 9.72 Å². The fourth-order valence-electron chi connectivity index (χ4n) is 2.97. The molecule has 2 heterocycles. The Bertz CT molecular complexity index is 1140. The van der Waals surface area contributed by atoms with E-state index in [1.807, 2.05) is 12.1 Å². The van der Waals surface area contributed by atoms with Crippen LogP contribution in [0.25, 0.3) is 16.4 Å². The van der Waals surface area contributed by atoms with Crippen molar-refractivity contribution in [3.63, 3.8) is 0 Å². The van der Waals surface area contributed by atoms with Crippen LogP contribution < -0.4 is 5.32 Å². The Morgan fingerprint density at radius 1 is 1.30 bits per heavy atom. The highest BCUT2D eigenvalue weighted by Crippen LogP contribution is 2.35. The first-order chi connectivity index (χ1) is 15.7. The van der Waals surface area contributed by atoms with Crippen molar-refractivity contribution in [3.8, 4) is 16.4 Å². The minimum Gasteiger partial charge on any atom is -0.476 e. The molecule has 176 valence electrons. The van der Waals surface area contributed by atoms with Crippen molar-refractivity contribution in [2.75, 3.05) is 20.3 Å². The zero-order valence-electron chi connectivity index (χ0n) is 18.7. The van der Waals surface area contributed by atoms with Gasteiger partial charge in [0.25, 0.3) is 5.91 Å². The first-order valence-corrected chi connectivity index (χ1v) is 12.9. The fraction of sp³-hybridized carbons (Fsp3) is 0.364. The van der Waals surface area contributed by atoms with Gasteiger partial charge in [0.1, 0.15) is 0 Å². The standard InChI is InChI=1S/C22H25BrN4O4S2/c1-12(2)32-11-16-18(14-5-7-15(8-6-14)20(28)24-9-10-31-4)25-22(33-16)27-19(21(29)30)17(23)13(3)26-27/h5-8,12H,9-11H2,1-4H3,(H,24,28)(H,29,30). The lowest BCUT2D eigenvalue weighted by Crippen LogP contribution is -2.26. The first kappa shape index (κ1) is 25.4. The van der Waals surface area contributed by atoms with Gasteiger partial charge >= 0.3 is 5.97 Å². The lowest BCUT2D eigenvalue weighted by Gasteiger charge is -2.07. The maximum atomic E-state index is 12.3. The molecular weight excluding hydrogens is 528 g/mol. The number of methoxy groups -OCH3 is 1. The van der Waals surface area contributed by atoms with Crippen molar-refractivity contribution in [2.45, 2.75) is 31.8 Å². The second-order valence-corrected chi connectivity index (χ2v) is 10.8. The summed E-state index contributed by atoms with van der Waals surface area (Å²) in [5.41, 5.74) is 2.77. The number of carboxylic acid groups (broad SMARTS) is 1. The Balaban J connectivity index is 1.98. The average Bonchev–Trinajstić information content (AvgIpc) is 3.33. The van der Waals surface area contributed by atoms with E-state index in [-0.39, 0.29) is 11.6 Å². The number of halogens is 1. The number of hydrogen-bond acceptors (Lipinski definition) is 7. The Labute approximate surface area is 208 Å². The van der Waals surface area contributed by atoms with Gasteiger partial charge in [0, 0.05) is 35.4 Å². The van der Waals surface area contributed by atoms with Crippen LogP contribution in [0, 0.1) is 6.92 Å². The molecule has 8 nitrogen and oxygen atoms in total. The van der Waals surface area contributed by atoms with Gasteiger partial charge in [-0.15, -0.1) is 0 Å². The van der Waals surface area contributed by atoms with E-state index in [1.165, 1.54) is 16.0 Å². The van der Waals surface area contributed by atoms with E-state index >= 15 is 0 Å². The molecule has 2 N–H and O–H groups in total. The number of carboxylic acids is 1. The monoisotopic (exact) mass is 552 g/mol. The van der Waals surface area contributed by atoms with Gasteiger partial charge in [-0.1, -0.05) is 37.3 Å². The quantitative estimate of drug-likeness (QED) is 0.348. The molecule has 0 aliphatic rings. The molecule has 3 aromatic rings. The molecule has 2 aromatic heterocycles. The number of aromatic carboxylic acids is 1. The third-order valence-corrected chi connectivity index (χ3v) is 7.90. The summed E-state index contributed by atoms with van der Waals surface area (Å²) in [5.74, 6) is -0.523. The maximum absolute atomic E-state index is 12.3. The lowest BCUT2D eigenvalue weighted by atomic mass is 10.1. The van der Waals surface area contributed by atoms with Gasteiger partial charge in [-0.25, -0.2) is 9.78 Å². The summed E-state index contributed by atoms with van der Waals surface area (Å²) < 4.78 is 6.77. The smallest absolute Gasteiger partial charge is 0.355 e. The summed E-state index contributed by atoms with van der Waals surface area (Å²) in [6, 6.07) is 7.23. The minimum absolute atomic E-state index is 0.0407. The molecule has 1 amide bonds. The predicted molar refractivity (Wildman–Crippen MR) is 135 cm³/mol. The molecule has 0 aliphatic carbocycles. The average molecular weight is 554 g/mol. The molecule has 0 radical (unpaired) electrons. The Morgan fingerprint density at radius 3 is 2.61 bits per heavy atom. The van der Waals surface area contributed by atoms with Crippen molar-refractivity contribution in [2.24, 2.45) is 0 Å². The van der Waals surface area contributed by atoms with Crippen LogP contribution in [0.1, 0.15) is 45.3 Å². The van der Waals surface area contributed by atoms with Gasteiger partial charge in [0.15, 0.2) is 5.69 Å². The number of carbonyl (C=O) groups is 2. The second-order valence-electron chi connectivity index (χ2n) is 7.42. The number of rotatable bonds is 10. The highest BCUT2D eigenvalue weighted by molar-refractivity contribution is 9.10. The Kier molecular flexibility index (Phi) is 8.69. The van der Waals surface area contributed by atoms with Gasteiger partial charge in [0.2, 0.25) is 5.13 Å². The zero-order chi connectivity index (χ0) is 24.1. The number of nitrogens with zero attached hydrogens (tertiary/aromatic N) is 3. The normalized spacial score (nSPS) is 11.2. The van der Waals surface area contributed by atoms with E-state index in [0.717, 1.165) is 21.9 Å². The summed E-state index contributed by atoms with van der Waals surface area (Å²) in [7, 11) is 1.58. The molecule has 0 spiro atoms. The van der Waals surface area contributed by atoms with Gasteiger partial charge in [0.05, 0.1) is 22.5 Å². The predicted octanol–water partition coefficient (Wildman–Crippen LogP) is 4.78. The van der Waals surface area contributed by atoms with E-state index in [9.17, 15) is 14.7 Å². The topological polar surface area (TPSA) is 106 Å². The molecule has 3 rings (SSSR count). The van der Waals surface area contributed by atoms with Gasteiger partial charge in [-0.2, -0.15) is 21.5 Å². The van der Waals surface area contributed by atoms with Crippen LogP contribution in [0.4, 0.5) is 0 Å². The number of nitrogens with one attached hydrogen (secondary N) is 1. The summed E-state index contributed by atoms with van der Waals surface area (Å²) in [6.07, 6.45) is 0. The number of ether oxygens (including phenoxy) is 1. The lowest BCUT2D eigenvalue weighted by molar-refractivity contribution is 0.0685. The van der Waals surface area contributed by atoms with E-state index < -0.39 is 5.97 Å². The van der Waals surface area contributed by atoms with Crippen molar-refractivity contribution in [1.29, 1.82) is 0 Å². The number of carbonyl (C=O) groups excluding carboxylic acids is 1. The van der Waals surface area contributed by atoms with Crippen molar-refractivity contribution < 1.29 is 19.4 Å². The molecule has 11 heteroatoms. The van der Waals surface area contributed by atoms with Gasteiger partial charge in [-0.05, 0) is 40.2 Å². The number of benzene rings is 1. The SMILES string of the molecule is COCCNC(=O)c1ccc(-c2nc(-n3nc(C)c(Br)c3C(=O)O)sc2CSC(C)C)cc1. The second kappa shape index (κ2) is 11.3.